The third kappa shape index (κ3) is 3.18. The molecule has 0 amide bonds. The Labute approximate surface area is 125 Å². The lowest BCUT2D eigenvalue weighted by molar-refractivity contribution is -0.384. The van der Waals surface area contributed by atoms with Crippen molar-refractivity contribution in [3.63, 3.8) is 0 Å². The molecule has 7 nitrogen and oxygen atoms in total. The molecule has 1 aliphatic carbocycles. The second-order valence-electron chi connectivity index (χ2n) is 5.90. The summed E-state index contributed by atoms with van der Waals surface area (Å²) in [7, 11) is 1.78. The highest BCUT2D eigenvalue weighted by atomic mass is 16.6. The number of rotatable bonds is 5. The van der Waals surface area contributed by atoms with Crippen molar-refractivity contribution in [2.24, 2.45) is 12.8 Å². The minimum Gasteiger partial charge on any atom is -0.348 e. The number of nitrogens with two attached hydrogens (primary N) is 1. The summed E-state index contributed by atoms with van der Waals surface area (Å²) in [5.74, 6) is 0.639. The molecule has 0 spiro atoms. The van der Waals surface area contributed by atoms with Gasteiger partial charge in [0.2, 0.25) is 5.82 Å². The number of anilines is 1. The Morgan fingerprint density at radius 1 is 1.43 bits per heavy atom. The van der Waals surface area contributed by atoms with Gasteiger partial charge in [-0.2, -0.15) is 5.10 Å². The zero-order valence-corrected chi connectivity index (χ0v) is 13.1. The van der Waals surface area contributed by atoms with E-state index < -0.39 is 0 Å². The molecule has 1 heterocycles. The molecule has 1 aliphatic rings. The van der Waals surface area contributed by atoms with Gasteiger partial charge < -0.3 is 10.6 Å². The van der Waals surface area contributed by atoms with Crippen LogP contribution in [0.3, 0.4) is 0 Å². The summed E-state index contributed by atoms with van der Waals surface area (Å²) in [5, 5.41) is 15.7. The molecule has 1 saturated carbocycles. The topological polar surface area (TPSA) is 90.2 Å². The molecule has 1 aromatic heterocycles. The monoisotopic (exact) mass is 295 g/mol. The summed E-state index contributed by atoms with van der Waals surface area (Å²) in [5.41, 5.74) is 6.60. The number of aromatic nitrogens is 2. The Balaban J connectivity index is 2.36. The highest BCUT2D eigenvalue weighted by Gasteiger charge is 2.33. The van der Waals surface area contributed by atoms with Gasteiger partial charge in [0.05, 0.1) is 4.92 Å². The second-order valence-corrected chi connectivity index (χ2v) is 5.90. The summed E-state index contributed by atoms with van der Waals surface area (Å²) in [6.45, 7) is 4.60. The molecule has 1 fully saturated rings. The van der Waals surface area contributed by atoms with Crippen molar-refractivity contribution in [2.75, 3.05) is 11.4 Å². The Hall–Kier alpha value is -1.63. The summed E-state index contributed by atoms with van der Waals surface area (Å²) < 4.78 is 1.65. The van der Waals surface area contributed by atoms with Crippen LogP contribution in [0.25, 0.3) is 0 Å². The van der Waals surface area contributed by atoms with E-state index in [4.69, 9.17) is 5.73 Å². The minimum atomic E-state index is -0.311. The molecule has 0 aliphatic heterocycles. The Kier molecular flexibility index (Phi) is 4.82. The molecule has 118 valence electrons. The maximum absolute atomic E-state index is 11.4. The first-order valence-corrected chi connectivity index (χ1v) is 7.65. The fourth-order valence-corrected chi connectivity index (χ4v) is 3.29. The average molecular weight is 295 g/mol. The standard InChI is InChI=1S/C14H25N5O2/c1-4-9-18(12-7-5-11(15)6-8-12)14-13(19(20)21)10(2)16-17(14)3/h11-12H,4-9,15H2,1-3H3. The van der Waals surface area contributed by atoms with Crippen LogP contribution >= 0.6 is 0 Å². The third-order valence-corrected chi connectivity index (χ3v) is 4.26. The highest BCUT2D eigenvalue weighted by Crippen LogP contribution is 2.35. The van der Waals surface area contributed by atoms with E-state index in [1.54, 1.807) is 18.7 Å². The van der Waals surface area contributed by atoms with Crippen molar-refractivity contribution in [2.45, 2.75) is 58.0 Å². The van der Waals surface area contributed by atoms with Crippen LogP contribution in [-0.2, 0) is 7.05 Å². The second kappa shape index (κ2) is 6.43. The van der Waals surface area contributed by atoms with Crippen molar-refractivity contribution in [3.05, 3.63) is 15.8 Å². The van der Waals surface area contributed by atoms with Crippen molar-refractivity contribution in [1.29, 1.82) is 0 Å². The van der Waals surface area contributed by atoms with Crippen LogP contribution in [0.4, 0.5) is 11.5 Å². The van der Waals surface area contributed by atoms with Gasteiger partial charge in [-0.05, 0) is 39.0 Å². The molecule has 0 saturated heterocycles. The Morgan fingerprint density at radius 3 is 2.57 bits per heavy atom. The molecule has 1 aromatic rings. The van der Waals surface area contributed by atoms with Gasteiger partial charge in [0.15, 0.2) is 0 Å². The van der Waals surface area contributed by atoms with Crippen molar-refractivity contribution in [1.82, 2.24) is 9.78 Å². The Bertz CT molecular complexity index is 506. The van der Waals surface area contributed by atoms with Gasteiger partial charge in [0.1, 0.15) is 5.69 Å². The summed E-state index contributed by atoms with van der Waals surface area (Å²) in [6, 6.07) is 0.589. The Morgan fingerprint density at radius 2 is 2.05 bits per heavy atom. The van der Waals surface area contributed by atoms with Crippen LogP contribution in [0.15, 0.2) is 0 Å². The predicted octanol–water partition coefficient (Wildman–Crippen LogP) is 2.12. The van der Waals surface area contributed by atoms with Crippen LogP contribution in [-0.4, -0.2) is 33.3 Å². The fraction of sp³-hybridized carbons (Fsp3) is 0.786. The van der Waals surface area contributed by atoms with Gasteiger partial charge >= 0.3 is 5.69 Å². The number of hydrogen-bond acceptors (Lipinski definition) is 5. The van der Waals surface area contributed by atoms with Crippen molar-refractivity contribution in [3.8, 4) is 0 Å². The zero-order valence-electron chi connectivity index (χ0n) is 13.1. The first-order valence-electron chi connectivity index (χ1n) is 7.65. The maximum Gasteiger partial charge on any atom is 0.333 e. The minimum absolute atomic E-state index is 0.140. The summed E-state index contributed by atoms with van der Waals surface area (Å²) >= 11 is 0. The molecule has 0 radical (unpaired) electrons. The zero-order chi connectivity index (χ0) is 15.6. The van der Waals surface area contributed by atoms with Crippen molar-refractivity contribution >= 4 is 11.5 Å². The van der Waals surface area contributed by atoms with Crippen LogP contribution in [0.1, 0.15) is 44.7 Å². The van der Waals surface area contributed by atoms with Crippen LogP contribution in [0.2, 0.25) is 0 Å². The molecule has 21 heavy (non-hydrogen) atoms. The smallest absolute Gasteiger partial charge is 0.333 e. The SMILES string of the molecule is CCCN(c1c([N+](=O)[O-])c(C)nn1C)C1CCC(N)CC1. The van der Waals surface area contributed by atoms with Gasteiger partial charge in [0, 0.05) is 25.7 Å². The van der Waals surface area contributed by atoms with E-state index in [-0.39, 0.29) is 16.7 Å². The molecule has 0 aromatic carbocycles. The van der Waals surface area contributed by atoms with E-state index in [0.717, 1.165) is 38.6 Å². The van der Waals surface area contributed by atoms with Crippen molar-refractivity contribution < 1.29 is 4.92 Å². The van der Waals surface area contributed by atoms with Crippen LogP contribution < -0.4 is 10.6 Å². The predicted molar refractivity (Wildman–Crippen MR) is 82.5 cm³/mol. The van der Waals surface area contributed by atoms with Gasteiger partial charge in [0.25, 0.3) is 0 Å². The molecular weight excluding hydrogens is 270 g/mol. The normalized spacial score (nSPS) is 22.3. The van der Waals surface area contributed by atoms with E-state index in [2.05, 4.69) is 16.9 Å². The fourth-order valence-electron chi connectivity index (χ4n) is 3.29. The molecule has 0 bridgehead atoms. The molecule has 0 unspecified atom stereocenters. The first-order chi connectivity index (χ1) is 9.95. The number of aryl methyl sites for hydroxylation is 2. The average Bonchev–Trinajstić information content (AvgIpc) is 2.72. The van der Waals surface area contributed by atoms with E-state index >= 15 is 0 Å². The quantitative estimate of drug-likeness (QED) is 0.663. The summed E-state index contributed by atoms with van der Waals surface area (Å²) in [4.78, 5) is 13.3. The van der Waals surface area contributed by atoms with Gasteiger partial charge in [-0.3, -0.25) is 10.1 Å². The number of hydrogen-bond donors (Lipinski definition) is 1. The van der Waals surface area contributed by atoms with E-state index in [9.17, 15) is 10.1 Å². The largest absolute Gasteiger partial charge is 0.348 e. The maximum atomic E-state index is 11.4. The lowest BCUT2D eigenvalue weighted by Crippen LogP contribution is -2.42. The number of nitro groups is 1. The molecule has 0 atom stereocenters. The van der Waals surface area contributed by atoms with E-state index in [1.165, 1.54) is 0 Å². The number of nitrogens with zero attached hydrogens (tertiary/aromatic N) is 4. The molecule has 2 rings (SSSR count). The summed E-state index contributed by atoms with van der Waals surface area (Å²) in [6.07, 6.45) is 4.89. The van der Waals surface area contributed by atoms with Gasteiger partial charge in [-0.25, -0.2) is 4.68 Å². The third-order valence-electron chi connectivity index (χ3n) is 4.26. The van der Waals surface area contributed by atoms with E-state index in [1.807, 2.05) is 0 Å². The lowest BCUT2D eigenvalue weighted by atomic mass is 9.90. The highest BCUT2D eigenvalue weighted by molar-refractivity contribution is 5.61. The van der Waals surface area contributed by atoms with Gasteiger partial charge in [-0.1, -0.05) is 6.92 Å². The molecule has 7 heteroatoms. The lowest BCUT2D eigenvalue weighted by Gasteiger charge is -2.36. The van der Waals surface area contributed by atoms with Crippen LogP contribution in [0.5, 0.6) is 0 Å². The first kappa shape index (κ1) is 15.8. The van der Waals surface area contributed by atoms with E-state index in [0.29, 0.717) is 17.6 Å². The van der Waals surface area contributed by atoms with Crippen LogP contribution in [0, 0.1) is 17.0 Å². The molecule has 2 N–H and O–H groups in total. The molecular formula is C14H25N5O2. The van der Waals surface area contributed by atoms with Gasteiger partial charge in [-0.15, -0.1) is 0 Å².